The molecule has 0 bridgehead atoms. The standard InChI is InChI=1S/C20H25NO6/c1-4-6-7-15(20(24)25)21-17(22)11-26-16-9-8-14-13(5-2)10-18(23)27-19(14)12(16)3/h8-10,15H,4-7,11H2,1-3H3,(H,21,22)(H,24,25). The number of carboxylic acid groups (broad SMARTS) is 1. The second kappa shape index (κ2) is 9.21. The summed E-state index contributed by atoms with van der Waals surface area (Å²) in [6.45, 7) is 5.34. The Bertz CT molecular complexity index is 886. The number of amides is 1. The van der Waals surface area contributed by atoms with Crippen molar-refractivity contribution in [3.63, 3.8) is 0 Å². The third-order valence-corrected chi connectivity index (χ3v) is 4.42. The number of rotatable bonds is 9. The summed E-state index contributed by atoms with van der Waals surface area (Å²) in [6, 6.07) is 4.05. The van der Waals surface area contributed by atoms with Crippen LogP contribution in [0.25, 0.3) is 11.0 Å². The lowest BCUT2D eigenvalue weighted by atomic mass is 10.0. The quantitative estimate of drug-likeness (QED) is 0.653. The monoisotopic (exact) mass is 375 g/mol. The predicted octanol–water partition coefficient (Wildman–Crippen LogP) is 2.80. The highest BCUT2D eigenvalue weighted by atomic mass is 16.5. The Morgan fingerprint density at radius 2 is 2.04 bits per heavy atom. The van der Waals surface area contributed by atoms with Crippen molar-refractivity contribution in [1.82, 2.24) is 5.32 Å². The summed E-state index contributed by atoms with van der Waals surface area (Å²) in [4.78, 5) is 35.0. The number of carboxylic acids is 1. The van der Waals surface area contributed by atoms with Gasteiger partial charge in [0.05, 0.1) is 0 Å². The van der Waals surface area contributed by atoms with Crippen LogP contribution in [-0.4, -0.2) is 29.6 Å². The molecule has 2 rings (SSSR count). The fraction of sp³-hybridized carbons (Fsp3) is 0.450. The van der Waals surface area contributed by atoms with Gasteiger partial charge in [-0.3, -0.25) is 4.79 Å². The van der Waals surface area contributed by atoms with E-state index in [1.165, 1.54) is 6.07 Å². The molecule has 7 nitrogen and oxygen atoms in total. The molecule has 0 aliphatic carbocycles. The summed E-state index contributed by atoms with van der Waals surface area (Å²) >= 11 is 0. The molecule has 1 aromatic carbocycles. The van der Waals surface area contributed by atoms with Gasteiger partial charge in [-0.15, -0.1) is 0 Å². The van der Waals surface area contributed by atoms with Crippen LogP contribution >= 0.6 is 0 Å². The molecule has 7 heteroatoms. The van der Waals surface area contributed by atoms with Crippen LogP contribution in [0, 0.1) is 6.92 Å². The van der Waals surface area contributed by atoms with Gasteiger partial charge in [0.25, 0.3) is 5.91 Å². The first-order chi connectivity index (χ1) is 12.9. The molecule has 2 N–H and O–H groups in total. The lowest BCUT2D eigenvalue weighted by Gasteiger charge is -2.15. The van der Waals surface area contributed by atoms with E-state index in [2.05, 4.69) is 5.32 Å². The molecule has 0 radical (unpaired) electrons. The number of ether oxygens (including phenoxy) is 1. The number of hydrogen-bond acceptors (Lipinski definition) is 5. The average molecular weight is 375 g/mol. The molecule has 27 heavy (non-hydrogen) atoms. The Balaban J connectivity index is 2.12. The molecule has 0 saturated heterocycles. The van der Waals surface area contributed by atoms with E-state index in [4.69, 9.17) is 9.15 Å². The Labute approximate surface area is 157 Å². The Morgan fingerprint density at radius 3 is 2.67 bits per heavy atom. The molecule has 146 valence electrons. The minimum atomic E-state index is -1.06. The second-order valence-electron chi connectivity index (χ2n) is 6.40. The van der Waals surface area contributed by atoms with Crippen LogP contribution in [0.15, 0.2) is 27.4 Å². The molecule has 1 heterocycles. The van der Waals surface area contributed by atoms with Crippen molar-refractivity contribution in [3.8, 4) is 5.75 Å². The highest BCUT2D eigenvalue weighted by Gasteiger charge is 2.20. The fourth-order valence-electron chi connectivity index (χ4n) is 2.90. The number of aliphatic carboxylic acids is 1. The van der Waals surface area contributed by atoms with Crippen molar-refractivity contribution < 1.29 is 23.8 Å². The summed E-state index contributed by atoms with van der Waals surface area (Å²) < 4.78 is 10.8. The van der Waals surface area contributed by atoms with Gasteiger partial charge < -0.3 is 19.6 Å². The third kappa shape index (κ3) is 5.09. The lowest BCUT2D eigenvalue weighted by molar-refractivity contribution is -0.142. The zero-order chi connectivity index (χ0) is 20.0. The second-order valence-corrected chi connectivity index (χ2v) is 6.40. The Kier molecular flexibility index (Phi) is 6.98. The Hall–Kier alpha value is -2.83. The first kappa shape index (κ1) is 20.5. The molecule has 0 saturated carbocycles. The van der Waals surface area contributed by atoms with Gasteiger partial charge in [-0.2, -0.15) is 0 Å². The van der Waals surface area contributed by atoms with Crippen molar-refractivity contribution in [1.29, 1.82) is 0 Å². The number of benzene rings is 1. The summed E-state index contributed by atoms with van der Waals surface area (Å²) in [5.74, 6) is -1.16. The molecule has 0 spiro atoms. The van der Waals surface area contributed by atoms with Gasteiger partial charge >= 0.3 is 11.6 Å². The maximum Gasteiger partial charge on any atom is 0.336 e. The van der Waals surface area contributed by atoms with E-state index in [-0.39, 0.29) is 6.61 Å². The van der Waals surface area contributed by atoms with Gasteiger partial charge in [-0.1, -0.05) is 26.7 Å². The molecule has 0 aliphatic rings. The van der Waals surface area contributed by atoms with Gasteiger partial charge in [0, 0.05) is 17.0 Å². The van der Waals surface area contributed by atoms with E-state index in [0.717, 1.165) is 17.4 Å². The summed E-state index contributed by atoms with van der Waals surface area (Å²) in [6.07, 6.45) is 2.62. The van der Waals surface area contributed by atoms with Gasteiger partial charge in [-0.25, -0.2) is 9.59 Å². The number of aryl methyl sites for hydroxylation is 2. The molecule has 1 aromatic heterocycles. The zero-order valence-electron chi connectivity index (χ0n) is 15.8. The smallest absolute Gasteiger partial charge is 0.336 e. The van der Waals surface area contributed by atoms with Crippen molar-refractivity contribution in [2.24, 2.45) is 0 Å². The first-order valence-electron chi connectivity index (χ1n) is 9.08. The minimum Gasteiger partial charge on any atom is -0.483 e. The summed E-state index contributed by atoms with van der Waals surface area (Å²) in [5.41, 5.74) is 1.50. The van der Waals surface area contributed by atoms with E-state index >= 15 is 0 Å². The third-order valence-electron chi connectivity index (χ3n) is 4.42. The van der Waals surface area contributed by atoms with E-state index in [0.29, 0.717) is 36.2 Å². The average Bonchev–Trinajstić information content (AvgIpc) is 2.64. The normalized spacial score (nSPS) is 12.0. The van der Waals surface area contributed by atoms with Crippen molar-refractivity contribution in [2.75, 3.05) is 6.61 Å². The molecular formula is C20H25NO6. The summed E-state index contributed by atoms with van der Waals surface area (Å²) in [7, 11) is 0. The lowest BCUT2D eigenvalue weighted by Crippen LogP contribution is -2.42. The van der Waals surface area contributed by atoms with Gasteiger partial charge in [0.1, 0.15) is 17.4 Å². The number of carbonyl (C=O) groups excluding carboxylic acids is 1. The predicted molar refractivity (Wildman–Crippen MR) is 101 cm³/mol. The van der Waals surface area contributed by atoms with E-state index in [1.807, 2.05) is 13.8 Å². The number of nitrogens with one attached hydrogen (secondary N) is 1. The van der Waals surface area contributed by atoms with Crippen molar-refractivity contribution >= 4 is 22.8 Å². The van der Waals surface area contributed by atoms with E-state index in [9.17, 15) is 19.5 Å². The van der Waals surface area contributed by atoms with E-state index in [1.54, 1.807) is 19.1 Å². The molecule has 0 fully saturated rings. The van der Waals surface area contributed by atoms with Crippen LogP contribution in [0.4, 0.5) is 0 Å². The number of unbranched alkanes of at least 4 members (excludes halogenated alkanes) is 1. The van der Waals surface area contributed by atoms with Gasteiger partial charge in [0.2, 0.25) is 0 Å². The maximum atomic E-state index is 12.1. The molecule has 1 atom stereocenters. The van der Waals surface area contributed by atoms with Crippen molar-refractivity contribution in [3.05, 3.63) is 39.7 Å². The van der Waals surface area contributed by atoms with Crippen LogP contribution in [0.1, 0.15) is 44.2 Å². The minimum absolute atomic E-state index is 0.319. The molecular weight excluding hydrogens is 350 g/mol. The van der Waals surface area contributed by atoms with Crippen LogP contribution < -0.4 is 15.7 Å². The van der Waals surface area contributed by atoms with E-state index < -0.39 is 23.5 Å². The summed E-state index contributed by atoms with van der Waals surface area (Å²) in [5, 5.41) is 12.5. The van der Waals surface area contributed by atoms with Crippen LogP contribution in [-0.2, 0) is 16.0 Å². The zero-order valence-corrected chi connectivity index (χ0v) is 15.8. The van der Waals surface area contributed by atoms with Crippen LogP contribution in [0.2, 0.25) is 0 Å². The molecule has 2 aromatic rings. The molecule has 1 unspecified atom stereocenters. The number of hydrogen-bond donors (Lipinski definition) is 2. The molecule has 1 amide bonds. The number of carbonyl (C=O) groups is 2. The fourth-order valence-corrected chi connectivity index (χ4v) is 2.90. The first-order valence-corrected chi connectivity index (χ1v) is 9.08. The largest absolute Gasteiger partial charge is 0.483 e. The highest BCUT2D eigenvalue weighted by molar-refractivity contribution is 5.86. The topological polar surface area (TPSA) is 106 Å². The highest BCUT2D eigenvalue weighted by Crippen LogP contribution is 2.28. The van der Waals surface area contributed by atoms with Gasteiger partial charge in [-0.05, 0) is 37.5 Å². The SMILES string of the molecule is CCCCC(NC(=O)COc1ccc2c(CC)cc(=O)oc2c1C)C(=O)O. The van der Waals surface area contributed by atoms with Gasteiger partial charge in [0.15, 0.2) is 6.61 Å². The number of fused-ring (bicyclic) bond motifs is 1. The Morgan fingerprint density at radius 1 is 1.30 bits per heavy atom. The van der Waals surface area contributed by atoms with Crippen LogP contribution in [0.3, 0.4) is 0 Å². The van der Waals surface area contributed by atoms with Crippen molar-refractivity contribution in [2.45, 2.75) is 52.5 Å². The maximum absolute atomic E-state index is 12.1. The molecule has 0 aliphatic heterocycles. The van der Waals surface area contributed by atoms with Crippen LogP contribution in [0.5, 0.6) is 5.75 Å².